The van der Waals surface area contributed by atoms with E-state index < -0.39 is 0 Å². The lowest BCUT2D eigenvalue weighted by Crippen LogP contribution is -2.31. The number of rotatable bonds is 8. The first kappa shape index (κ1) is 13.6. The van der Waals surface area contributed by atoms with Crippen molar-refractivity contribution in [2.24, 2.45) is 0 Å². The van der Waals surface area contributed by atoms with Crippen LogP contribution in [-0.2, 0) is 4.79 Å². The van der Waals surface area contributed by atoms with E-state index in [2.05, 4.69) is 30.8 Å². The molecule has 0 unspecified atom stereocenters. The van der Waals surface area contributed by atoms with Gasteiger partial charge >= 0.3 is 0 Å². The highest BCUT2D eigenvalue weighted by Crippen LogP contribution is 1.94. The molecular formula is C11H24N2O. The Morgan fingerprint density at radius 1 is 1.14 bits per heavy atom. The summed E-state index contributed by atoms with van der Waals surface area (Å²) in [6.07, 6.45) is 1.79. The quantitative estimate of drug-likeness (QED) is 0.589. The summed E-state index contributed by atoms with van der Waals surface area (Å²) in [5.74, 6) is 0.344. The first-order valence-corrected chi connectivity index (χ1v) is 5.48. The van der Waals surface area contributed by atoms with E-state index in [9.17, 15) is 4.79 Å². The van der Waals surface area contributed by atoms with E-state index in [-0.39, 0.29) is 0 Å². The maximum Gasteiger partial charge on any atom is 0.146 e. The van der Waals surface area contributed by atoms with Gasteiger partial charge in [-0.3, -0.25) is 9.69 Å². The number of ketones is 1. The molecule has 0 atom stereocenters. The number of hydrogen-bond acceptors (Lipinski definition) is 3. The van der Waals surface area contributed by atoms with E-state index in [1.807, 2.05) is 6.92 Å². The number of Topliss-reactive ketones (excluding diaryl/α,β-unsaturated/α-hetero) is 1. The number of nitrogens with zero attached hydrogens (tertiary/aromatic N) is 2. The Kier molecular flexibility index (Phi) is 7.71. The lowest BCUT2D eigenvalue weighted by Gasteiger charge is -2.20. The fourth-order valence-corrected chi connectivity index (χ4v) is 1.32. The van der Waals surface area contributed by atoms with Gasteiger partial charge < -0.3 is 4.90 Å². The van der Waals surface area contributed by atoms with E-state index in [1.165, 1.54) is 0 Å². The Labute approximate surface area is 88.1 Å². The minimum absolute atomic E-state index is 0.344. The van der Waals surface area contributed by atoms with Gasteiger partial charge in [-0.05, 0) is 40.2 Å². The highest BCUT2D eigenvalue weighted by molar-refractivity contribution is 5.80. The maximum atomic E-state index is 11.2. The second-order valence-corrected chi connectivity index (χ2v) is 3.92. The molecule has 0 saturated carbocycles. The van der Waals surface area contributed by atoms with Crippen molar-refractivity contribution in [2.75, 3.05) is 40.3 Å². The lowest BCUT2D eigenvalue weighted by molar-refractivity contribution is -0.119. The Balaban J connectivity index is 3.63. The number of carbonyl (C=O) groups is 1. The molecule has 0 spiro atoms. The molecule has 0 fully saturated rings. The summed E-state index contributed by atoms with van der Waals surface area (Å²) in [6, 6.07) is 0. The predicted octanol–water partition coefficient (Wildman–Crippen LogP) is 1.24. The fraction of sp³-hybridized carbons (Fsp3) is 0.909. The SMILES string of the molecule is CCC(=O)CN(CC)CCCN(C)C. The number of hydrogen-bond donors (Lipinski definition) is 0. The summed E-state index contributed by atoms with van der Waals surface area (Å²) >= 11 is 0. The summed E-state index contributed by atoms with van der Waals surface area (Å²) in [5, 5.41) is 0. The van der Waals surface area contributed by atoms with Gasteiger partial charge in [-0.25, -0.2) is 0 Å². The molecule has 0 aromatic heterocycles. The maximum absolute atomic E-state index is 11.2. The topological polar surface area (TPSA) is 23.6 Å². The van der Waals surface area contributed by atoms with E-state index in [0.29, 0.717) is 18.7 Å². The van der Waals surface area contributed by atoms with Gasteiger partial charge in [0.25, 0.3) is 0 Å². The zero-order valence-corrected chi connectivity index (χ0v) is 10.0. The van der Waals surface area contributed by atoms with Gasteiger partial charge in [0.15, 0.2) is 0 Å². The zero-order chi connectivity index (χ0) is 11.0. The molecule has 0 N–H and O–H groups in total. The standard InChI is InChI=1S/C11H24N2O/c1-5-11(14)10-13(6-2)9-7-8-12(3)4/h5-10H2,1-4H3. The van der Waals surface area contributed by atoms with Crippen LogP contribution < -0.4 is 0 Å². The molecular weight excluding hydrogens is 176 g/mol. The van der Waals surface area contributed by atoms with E-state index >= 15 is 0 Å². The Morgan fingerprint density at radius 3 is 2.21 bits per heavy atom. The van der Waals surface area contributed by atoms with E-state index in [1.54, 1.807) is 0 Å². The largest absolute Gasteiger partial charge is 0.309 e. The van der Waals surface area contributed by atoms with Crippen LogP contribution in [0, 0.1) is 0 Å². The highest BCUT2D eigenvalue weighted by Gasteiger charge is 2.06. The molecule has 0 aliphatic rings. The Bertz CT molecular complexity index is 157. The summed E-state index contributed by atoms with van der Waals surface area (Å²) in [6.45, 7) is 7.76. The first-order chi connectivity index (χ1) is 6.60. The minimum Gasteiger partial charge on any atom is -0.309 e. The van der Waals surface area contributed by atoms with Crippen LogP contribution in [0.2, 0.25) is 0 Å². The van der Waals surface area contributed by atoms with Crippen molar-refractivity contribution < 1.29 is 4.79 Å². The summed E-state index contributed by atoms with van der Waals surface area (Å²) in [5.41, 5.74) is 0. The molecule has 0 aromatic carbocycles. The molecule has 84 valence electrons. The molecule has 0 bridgehead atoms. The van der Waals surface area contributed by atoms with Crippen LogP contribution >= 0.6 is 0 Å². The van der Waals surface area contributed by atoms with Crippen LogP contribution in [-0.4, -0.2) is 55.9 Å². The molecule has 3 nitrogen and oxygen atoms in total. The summed E-state index contributed by atoms with van der Waals surface area (Å²) < 4.78 is 0. The third kappa shape index (κ3) is 7.04. The van der Waals surface area contributed by atoms with Crippen molar-refractivity contribution in [3.05, 3.63) is 0 Å². The van der Waals surface area contributed by atoms with Crippen molar-refractivity contribution in [3.8, 4) is 0 Å². The Hall–Kier alpha value is -0.410. The van der Waals surface area contributed by atoms with Gasteiger partial charge in [-0.1, -0.05) is 13.8 Å². The smallest absolute Gasteiger partial charge is 0.146 e. The van der Waals surface area contributed by atoms with Crippen LogP contribution in [0.25, 0.3) is 0 Å². The molecule has 14 heavy (non-hydrogen) atoms. The molecule has 0 aromatic rings. The number of carbonyl (C=O) groups excluding carboxylic acids is 1. The zero-order valence-electron chi connectivity index (χ0n) is 10.0. The van der Waals surface area contributed by atoms with Crippen LogP contribution in [0.15, 0.2) is 0 Å². The molecule has 0 aliphatic carbocycles. The van der Waals surface area contributed by atoms with Crippen LogP contribution in [0.4, 0.5) is 0 Å². The van der Waals surface area contributed by atoms with Gasteiger partial charge in [0.1, 0.15) is 5.78 Å². The second-order valence-electron chi connectivity index (χ2n) is 3.92. The van der Waals surface area contributed by atoms with E-state index in [4.69, 9.17) is 0 Å². The minimum atomic E-state index is 0.344. The first-order valence-electron chi connectivity index (χ1n) is 5.48. The summed E-state index contributed by atoms with van der Waals surface area (Å²) in [4.78, 5) is 15.6. The molecule has 0 aliphatic heterocycles. The van der Waals surface area contributed by atoms with Crippen molar-refractivity contribution in [1.29, 1.82) is 0 Å². The molecule has 0 rings (SSSR count). The van der Waals surface area contributed by atoms with Crippen molar-refractivity contribution in [1.82, 2.24) is 9.80 Å². The average Bonchev–Trinajstić information content (AvgIpc) is 2.15. The monoisotopic (exact) mass is 200 g/mol. The van der Waals surface area contributed by atoms with Crippen LogP contribution in [0.5, 0.6) is 0 Å². The van der Waals surface area contributed by atoms with Gasteiger partial charge in [-0.15, -0.1) is 0 Å². The van der Waals surface area contributed by atoms with Gasteiger partial charge in [0.2, 0.25) is 0 Å². The molecule has 0 heterocycles. The van der Waals surface area contributed by atoms with Gasteiger partial charge in [-0.2, -0.15) is 0 Å². The Morgan fingerprint density at radius 2 is 1.79 bits per heavy atom. The predicted molar refractivity (Wildman–Crippen MR) is 60.6 cm³/mol. The molecule has 0 amide bonds. The second kappa shape index (κ2) is 7.94. The van der Waals surface area contributed by atoms with Gasteiger partial charge in [0, 0.05) is 6.42 Å². The normalized spacial score (nSPS) is 11.3. The summed E-state index contributed by atoms with van der Waals surface area (Å²) in [7, 11) is 4.15. The van der Waals surface area contributed by atoms with Crippen LogP contribution in [0.1, 0.15) is 26.7 Å². The molecule has 0 saturated heterocycles. The molecule has 0 radical (unpaired) electrons. The van der Waals surface area contributed by atoms with Crippen LogP contribution in [0.3, 0.4) is 0 Å². The van der Waals surface area contributed by atoms with E-state index in [0.717, 1.165) is 26.1 Å². The fourth-order valence-electron chi connectivity index (χ4n) is 1.32. The average molecular weight is 200 g/mol. The third-order valence-electron chi connectivity index (χ3n) is 2.32. The third-order valence-corrected chi connectivity index (χ3v) is 2.32. The molecule has 3 heteroatoms. The number of likely N-dealkylation sites (N-methyl/N-ethyl adjacent to an activating group) is 1. The van der Waals surface area contributed by atoms with Gasteiger partial charge in [0.05, 0.1) is 6.54 Å². The van der Waals surface area contributed by atoms with Crippen molar-refractivity contribution in [2.45, 2.75) is 26.7 Å². The van der Waals surface area contributed by atoms with Crippen molar-refractivity contribution in [3.63, 3.8) is 0 Å². The van der Waals surface area contributed by atoms with Crippen molar-refractivity contribution >= 4 is 5.78 Å². The highest BCUT2D eigenvalue weighted by atomic mass is 16.1. The lowest BCUT2D eigenvalue weighted by atomic mass is 10.2.